The van der Waals surface area contributed by atoms with Gasteiger partial charge in [-0.3, -0.25) is 0 Å². The minimum atomic E-state index is -0.180. The van der Waals surface area contributed by atoms with E-state index in [1.807, 2.05) is 0 Å². The van der Waals surface area contributed by atoms with Gasteiger partial charge in [-0.1, -0.05) is 213 Å². The Morgan fingerprint density at radius 1 is 0.379 bits per heavy atom. The molecular formula is C82H95BN4. The first-order chi connectivity index (χ1) is 41.0. The average Bonchev–Trinajstić information content (AvgIpc) is 1.68. The van der Waals surface area contributed by atoms with E-state index in [0.717, 1.165) is 19.3 Å². The monoisotopic (exact) mass is 1150 g/mol. The highest BCUT2D eigenvalue weighted by atomic mass is 15.3. The maximum absolute atomic E-state index is 2.85. The Labute approximate surface area is 523 Å². The molecule has 0 amide bonds. The maximum atomic E-state index is 2.85. The van der Waals surface area contributed by atoms with Crippen molar-refractivity contribution in [2.75, 3.05) is 19.6 Å². The fraction of sp³-hybridized carbons (Fsp3) is 0.415. The summed E-state index contributed by atoms with van der Waals surface area (Å²) >= 11 is 0. The highest BCUT2D eigenvalue weighted by Crippen LogP contribution is 2.64. The van der Waals surface area contributed by atoms with Crippen LogP contribution >= 0.6 is 0 Å². The Morgan fingerprint density at radius 3 is 1.48 bits per heavy atom. The molecule has 0 bridgehead atoms. The van der Waals surface area contributed by atoms with Gasteiger partial charge in [-0.25, -0.2) is 0 Å². The Bertz CT molecular complexity index is 4110. The van der Waals surface area contributed by atoms with Crippen LogP contribution in [0.4, 0.5) is 56.9 Å². The van der Waals surface area contributed by atoms with Gasteiger partial charge >= 0.3 is 0 Å². The van der Waals surface area contributed by atoms with Crippen LogP contribution in [-0.4, -0.2) is 17.8 Å². The molecule has 0 saturated heterocycles. The van der Waals surface area contributed by atoms with Gasteiger partial charge in [0.2, 0.25) is 0 Å². The summed E-state index contributed by atoms with van der Waals surface area (Å²) in [5, 5.41) is 0. The molecule has 87 heavy (non-hydrogen) atoms. The summed E-state index contributed by atoms with van der Waals surface area (Å²) in [7, 11) is 0. The van der Waals surface area contributed by atoms with Gasteiger partial charge in [0.25, 0.3) is 6.71 Å². The van der Waals surface area contributed by atoms with Crippen molar-refractivity contribution >= 4 is 80.0 Å². The van der Waals surface area contributed by atoms with Crippen LogP contribution in [0.1, 0.15) is 207 Å². The van der Waals surface area contributed by atoms with Gasteiger partial charge in [-0.2, -0.15) is 0 Å². The van der Waals surface area contributed by atoms with E-state index in [9.17, 15) is 0 Å². The standard InChI is InChI=1S/C82H95BN4/c1-52-44-53(2)74-64(45-52)80(16)41-23-25-43-82(80,18)87(74)60-35-39-69-66(49-60)83-65-48-58(78(12,13)14)32-38-70(65)85(67-36-30-56(76(6,7)8)46-62(67)54-26-20-19-21-27-54)72-51-61(50-71(73(72)83)84(69)59-33-28-55(29-34-59)75(3,4)5)86-68-37-31-57(77(9,10)11)47-63(68)79(15)40-22-24-42-81(79,86)17/h19-21,26-39,44-51H,22-25,40-43H2,1-18H3. The molecule has 6 aliphatic rings. The smallest absolute Gasteiger partial charge is 0.252 e. The largest absolute Gasteiger partial charge is 0.334 e. The summed E-state index contributed by atoms with van der Waals surface area (Å²) in [4.78, 5) is 11.1. The number of anilines is 10. The van der Waals surface area contributed by atoms with Crippen molar-refractivity contribution in [2.24, 2.45) is 0 Å². The van der Waals surface area contributed by atoms with Crippen LogP contribution in [0.15, 0.2) is 152 Å². The van der Waals surface area contributed by atoms with Gasteiger partial charge < -0.3 is 19.6 Å². The summed E-state index contributed by atoms with van der Waals surface area (Å²) in [6, 6.07) is 61.5. The third kappa shape index (κ3) is 8.49. The van der Waals surface area contributed by atoms with Crippen molar-refractivity contribution < 1.29 is 0 Å². The van der Waals surface area contributed by atoms with Crippen LogP contribution in [0.3, 0.4) is 0 Å². The molecule has 2 saturated carbocycles. The van der Waals surface area contributed by atoms with E-state index >= 15 is 0 Å². The third-order valence-electron chi connectivity index (χ3n) is 23.1. The van der Waals surface area contributed by atoms with E-state index in [4.69, 9.17) is 0 Å². The molecule has 14 rings (SSSR count). The number of fused-ring (bicyclic) bond motifs is 10. The number of hydrogen-bond donors (Lipinski definition) is 0. The lowest BCUT2D eigenvalue weighted by Gasteiger charge is -2.51. The summed E-state index contributed by atoms with van der Waals surface area (Å²) < 4.78 is 0. The predicted octanol–water partition coefficient (Wildman–Crippen LogP) is 20.7. The lowest BCUT2D eigenvalue weighted by molar-refractivity contribution is 0.195. The van der Waals surface area contributed by atoms with Crippen LogP contribution < -0.4 is 36.0 Å². The highest BCUT2D eigenvalue weighted by Gasteiger charge is 2.60. The first-order valence-electron chi connectivity index (χ1n) is 33.2. The van der Waals surface area contributed by atoms with Crippen LogP contribution in [0.25, 0.3) is 11.1 Å². The van der Waals surface area contributed by atoms with Crippen LogP contribution in [0.2, 0.25) is 0 Å². The number of nitrogens with zero attached hydrogens (tertiary/aromatic N) is 4. The molecule has 0 aromatic heterocycles. The molecule has 2 fully saturated rings. The van der Waals surface area contributed by atoms with Crippen molar-refractivity contribution in [3.63, 3.8) is 0 Å². The first kappa shape index (κ1) is 57.8. The topological polar surface area (TPSA) is 13.0 Å². The van der Waals surface area contributed by atoms with Crippen LogP contribution in [0, 0.1) is 13.8 Å². The van der Waals surface area contributed by atoms with E-state index in [0.29, 0.717) is 0 Å². The maximum Gasteiger partial charge on any atom is 0.252 e. The second-order valence-electron chi connectivity index (χ2n) is 32.7. The normalized spacial score (nSPS) is 23.0. The third-order valence-corrected chi connectivity index (χ3v) is 23.1. The number of hydrogen-bond acceptors (Lipinski definition) is 4. The number of aryl methyl sites for hydroxylation is 2. The second kappa shape index (κ2) is 19.3. The Balaban J connectivity index is 1.12. The van der Waals surface area contributed by atoms with Gasteiger partial charge in [0, 0.05) is 67.6 Å². The molecule has 0 spiro atoms. The van der Waals surface area contributed by atoms with E-state index < -0.39 is 0 Å². The molecule has 4 aliphatic heterocycles. The Morgan fingerprint density at radius 2 is 0.862 bits per heavy atom. The van der Waals surface area contributed by atoms with Crippen molar-refractivity contribution in [2.45, 2.75) is 220 Å². The molecule has 5 heteroatoms. The molecule has 4 heterocycles. The summed E-state index contributed by atoms with van der Waals surface area (Å²) in [6.45, 7) is 43.4. The molecular weight excluding hydrogens is 1050 g/mol. The molecule has 0 radical (unpaired) electrons. The van der Waals surface area contributed by atoms with Crippen LogP contribution in [-0.2, 0) is 32.5 Å². The van der Waals surface area contributed by atoms with Gasteiger partial charge in [-0.05, 0) is 203 Å². The van der Waals surface area contributed by atoms with E-state index in [1.54, 1.807) is 0 Å². The molecule has 4 unspecified atom stereocenters. The Kier molecular flexibility index (Phi) is 12.8. The Hall–Kier alpha value is -6.98. The van der Waals surface area contributed by atoms with Crippen LogP contribution in [0.5, 0.6) is 0 Å². The molecule has 4 nitrogen and oxygen atoms in total. The molecule has 2 aliphatic carbocycles. The first-order valence-corrected chi connectivity index (χ1v) is 33.2. The number of benzene rings is 8. The van der Waals surface area contributed by atoms with E-state index in [-0.39, 0.29) is 50.3 Å². The predicted molar refractivity (Wildman–Crippen MR) is 376 cm³/mol. The van der Waals surface area contributed by atoms with Crippen molar-refractivity contribution in [3.8, 4) is 11.1 Å². The van der Waals surface area contributed by atoms with Crippen molar-refractivity contribution in [3.05, 3.63) is 196 Å². The zero-order chi connectivity index (χ0) is 61.5. The SMILES string of the molecule is Cc1cc(C)c2c(c1)C1(C)CCCCC1(C)N2c1ccc2c(c1)B1c3cc(C(C)(C)C)ccc3N(c3ccc(C(C)(C)C)cc3-c3ccccc3)c3cc(N4c5ccc(C(C)(C)C)cc5C5(C)CCCCC45C)cc(c31)N2c1ccc(C(C)(C)C)cc1. The zero-order valence-electron chi connectivity index (χ0n) is 56.0. The summed E-state index contributed by atoms with van der Waals surface area (Å²) in [5.41, 5.74) is 30.0. The molecule has 446 valence electrons. The average molecular weight is 1150 g/mol. The quantitative estimate of drug-likeness (QED) is 0.159. The van der Waals surface area contributed by atoms with E-state index in [2.05, 4.69) is 296 Å². The fourth-order valence-electron chi connectivity index (χ4n) is 17.6. The lowest BCUT2D eigenvalue weighted by Crippen LogP contribution is -2.62. The number of rotatable bonds is 5. The van der Waals surface area contributed by atoms with Gasteiger partial charge in [-0.15, -0.1) is 0 Å². The van der Waals surface area contributed by atoms with Gasteiger partial charge in [0.05, 0.1) is 16.8 Å². The molecule has 8 aromatic carbocycles. The second-order valence-corrected chi connectivity index (χ2v) is 32.7. The van der Waals surface area contributed by atoms with Crippen molar-refractivity contribution in [1.29, 1.82) is 0 Å². The minimum absolute atomic E-state index is 0.00407. The molecule has 4 atom stereocenters. The van der Waals surface area contributed by atoms with Gasteiger partial charge in [0.15, 0.2) is 0 Å². The summed E-state index contributed by atoms with van der Waals surface area (Å²) in [6.07, 6.45) is 9.57. The zero-order valence-corrected chi connectivity index (χ0v) is 56.0. The van der Waals surface area contributed by atoms with Gasteiger partial charge in [0.1, 0.15) is 0 Å². The molecule has 0 N–H and O–H groups in total. The van der Waals surface area contributed by atoms with E-state index in [1.165, 1.54) is 161 Å². The fourth-order valence-corrected chi connectivity index (χ4v) is 17.6. The lowest BCUT2D eigenvalue weighted by atomic mass is 9.33. The van der Waals surface area contributed by atoms with Crippen molar-refractivity contribution in [1.82, 2.24) is 0 Å². The highest BCUT2D eigenvalue weighted by molar-refractivity contribution is 7.00. The summed E-state index contributed by atoms with van der Waals surface area (Å²) in [5.74, 6) is 0. The molecule has 8 aromatic rings. The minimum Gasteiger partial charge on any atom is -0.334 e.